The average molecular weight is 290 g/mol. The monoisotopic (exact) mass is 290 g/mol. The van der Waals surface area contributed by atoms with Crippen LogP contribution in [-0.4, -0.2) is 60.0 Å². The highest BCUT2D eigenvalue weighted by Crippen LogP contribution is 2.16. The smallest absolute Gasteiger partial charge is 0.254 e. The van der Waals surface area contributed by atoms with Gasteiger partial charge in [0.15, 0.2) is 0 Å². The van der Waals surface area contributed by atoms with Crippen molar-refractivity contribution in [3.63, 3.8) is 0 Å². The van der Waals surface area contributed by atoms with Gasteiger partial charge in [-0.25, -0.2) is 0 Å². The Morgan fingerprint density at radius 2 is 1.86 bits per heavy atom. The molecule has 1 aliphatic heterocycles. The predicted molar refractivity (Wildman–Crippen MR) is 79.8 cm³/mol. The van der Waals surface area contributed by atoms with Crippen molar-refractivity contribution < 1.29 is 14.7 Å². The van der Waals surface area contributed by atoms with Crippen molar-refractivity contribution in [1.82, 2.24) is 9.80 Å². The first-order valence-electron chi connectivity index (χ1n) is 7.31. The summed E-state index contributed by atoms with van der Waals surface area (Å²) in [5.74, 6) is 0.130. The van der Waals surface area contributed by atoms with Crippen LogP contribution in [0.3, 0.4) is 0 Å². The molecule has 0 unspecified atom stereocenters. The van der Waals surface area contributed by atoms with Gasteiger partial charge in [-0.2, -0.15) is 0 Å². The molecule has 1 aromatic rings. The van der Waals surface area contributed by atoms with Gasteiger partial charge in [0.2, 0.25) is 5.91 Å². The third-order valence-electron chi connectivity index (χ3n) is 3.97. The molecule has 2 amide bonds. The zero-order valence-corrected chi connectivity index (χ0v) is 12.4. The molecule has 2 rings (SSSR count). The highest BCUT2D eigenvalue weighted by molar-refractivity contribution is 5.96. The largest absolute Gasteiger partial charge is 0.396 e. The number of rotatable bonds is 4. The number of hydrogen-bond acceptors (Lipinski definition) is 3. The first-order valence-corrected chi connectivity index (χ1v) is 7.31. The van der Waals surface area contributed by atoms with E-state index in [0.717, 1.165) is 12.8 Å². The minimum absolute atomic E-state index is 0.0295. The molecule has 1 fully saturated rings. The lowest BCUT2D eigenvalue weighted by molar-refractivity contribution is -0.133. The number of nitrogens with zero attached hydrogens (tertiary/aromatic N) is 2. The van der Waals surface area contributed by atoms with Gasteiger partial charge in [-0.15, -0.1) is 0 Å². The molecular formula is C16H22N2O3. The Kier molecular flexibility index (Phi) is 5.33. The number of amides is 2. The Morgan fingerprint density at radius 3 is 2.43 bits per heavy atom. The molecule has 1 saturated heterocycles. The van der Waals surface area contributed by atoms with Crippen LogP contribution in [-0.2, 0) is 4.79 Å². The van der Waals surface area contributed by atoms with Crippen molar-refractivity contribution in [2.45, 2.75) is 12.8 Å². The Morgan fingerprint density at radius 1 is 1.24 bits per heavy atom. The van der Waals surface area contributed by atoms with E-state index >= 15 is 0 Å². The summed E-state index contributed by atoms with van der Waals surface area (Å²) in [5.41, 5.74) is 0.590. The van der Waals surface area contributed by atoms with Crippen molar-refractivity contribution in [1.29, 1.82) is 0 Å². The summed E-state index contributed by atoms with van der Waals surface area (Å²) in [6, 6.07) is 8.96. The summed E-state index contributed by atoms with van der Waals surface area (Å²) in [6.07, 6.45) is 1.66. The SMILES string of the molecule is CN(CC(=O)N1CCC(CO)CC1)C(=O)c1ccccc1. The maximum atomic E-state index is 12.2. The van der Waals surface area contributed by atoms with Crippen LogP contribution in [0.1, 0.15) is 23.2 Å². The van der Waals surface area contributed by atoms with Crippen molar-refractivity contribution in [3.8, 4) is 0 Å². The van der Waals surface area contributed by atoms with E-state index in [9.17, 15) is 9.59 Å². The Hall–Kier alpha value is -1.88. The summed E-state index contributed by atoms with van der Waals surface area (Å²) in [6.45, 7) is 1.61. The molecule has 0 saturated carbocycles. The fraction of sp³-hybridized carbons (Fsp3) is 0.500. The number of likely N-dealkylation sites (tertiary alicyclic amines) is 1. The van der Waals surface area contributed by atoms with Crippen LogP contribution < -0.4 is 0 Å². The van der Waals surface area contributed by atoms with E-state index < -0.39 is 0 Å². The van der Waals surface area contributed by atoms with Gasteiger partial charge in [-0.05, 0) is 30.9 Å². The van der Waals surface area contributed by atoms with Crippen LogP contribution >= 0.6 is 0 Å². The lowest BCUT2D eigenvalue weighted by atomic mass is 9.98. The number of aliphatic hydroxyl groups is 1. The molecule has 21 heavy (non-hydrogen) atoms. The molecule has 0 spiro atoms. The van der Waals surface area contributed by atoms with Crippen LogP contribution in [0.5, 0.6) is 0 Å². The minimum atomic E-state index is -0.144. The van der Waals surface area contributed by atoms with Gasteiger partial charge in [-0.1, -0.05) is 18.2 Å². The predicted octanol–water partition coefficient (Wildman–Crippen LogP) is 0.989. The zero-order valence-electron chi connectivity index (χ0n) is 12.4. The molecule has 114 valence electrons. The number of carbonyl (C=O) groups excluding carboxylic acids is 2. The summed E-state index contributed by atoms with van der Waals surface area (Å²) >= 11 is 0. The van der Waals surface area contributed by atoms with E-state index in [1.165, 1.54) is 4.90 Å². The second kappa shape index (κ2) is 7.22. The van der Waals surface area contributed by atoms with Gasteiger partial charge in [0.25, 0.3) is 5.91 Å². The number of piperidine rings is 1. The number of benzene rings is 1. The third kappa shape index (κ3) is 4.04. The maximum Gasteiger partial charge on any atom is 0.254 e. The van der Waals surface area contributed by atoms with Crippen LogP contribution in [0.2, 0.25) is 0 Å². The normalized spacial score (nSPS) is 15.8. The molecule has 1 heterocycles. The molecule has 0 radical (unpaired) electrons. The molecule has 1 aromatic carbocycles. The lowest BCUT2D eigenvalue weighted by Crippen LogP contribution is -2.45. The van der Waals surface area contributed by atoms with Crippen molar-refractivity contribution in [3.05, 3.63) is 35.9 Å². The van der Waals surface area contributed by atoms with E-state index in [2.05, 4.69) is 0 Å². The van der Waals surface area contributed by atoms with Gasteiger partial charge in [-0.3, -0.25) is 9.59 Å². The molecule has 1 N–H and O–H groups in total. The Balaban J connectivity index is 1.86. The Labute approximate surface area is 125 Å². The van der Waals surface area contributed by atoms with E-state index in [0.29, 0.717) is 24.6 Å². The maximum absolute atomic E-state index is 12.2. The molecule has 0 bridgehead atoms. The van der Waals surface area contributed by atoms with E-state index in [1.807, 2.05) is 18.2 Å². The topological polar surface area (TPSA) is 60.9 Å². The lowest BCUT2D eigenvalue weighted by Gasteiger charge is -2.32. The van der Waals surface area contributed by atoms with Gasteiger partial charge in [0.05, 0.1) is 6.54 Å². The molecule has 0 aromatic heterocycles. The van der Waals surface area contributed by atoms with Crippen molar-refractivity contribution >= 4 is 11.8 Å². The fourth-order valence-corrected chi connectivity index (χ4v) is 2.54. The summed E-state index contributed by atoms with van der Waals surface area (Å²) in [4.78, 5) is 27.6. The number of carbonyl (C=O) groups is 2. The molecule has 0 atom stereocenters. The number of hydrogen-bond donors (Lipinski definition) is 1. The second-order valence-corrected chi connectivity index (χ2v) is 5.53. The molecule has 0 aliphatic carbocycles. The van der Waals surface area contributed by atoms with Crippen molar-refractivity contribution in [2.24, 2.45) is 5.92 Å². The van der Waals surface area contributed by atoms with Crippen molar-refractivity contribution in [2.75, 3.05) is 33.3 Å². The molecule has 5 heteroatoms. The van der Waals surface area contributed by atoms with Gasteiger partial charge < -0.3 is 14.9 Å². The molecule has 5 nitrogen and oxygen atoms in total. The first-order chi connectivity index (χ1) is 10.1. The Bertz CT molecular complexity index is 482. The molecule has 1 aliphatic rings. The van der Waals surface area contributed by atoms with Crippen LogP contribution in [0.15, 0.2) is 30.3 Å². The molecular weight excluding hydrogens is 268 g/mol. The van der Waals surface area contributed by atoms with E-state index in [-0.39, 0.29) is 25.0 Å². The van der Waals surface area contributed by atoms with Crippen LogP contribution in [0.25, 0.3) is 0 Å². The highest BCUT2D eigenvalue weighted by atomic mass is 16.3. The summed E-state index contributed by atoms with van der Waals surface area (Å²) in [5, 5.41) is 9.10. The standard InChI is InChI=1S/C16H22N2O3/c1-17(16(21)14-5-3-2-4-6-14)11-15(20)18-9-7-13(12-19)8-10-18/h2-6,13,19H,7-12H2,1H3. The second-order valence-electron chi connectivity index (χ2n) is 5.53. The first kappa shape index (κ1) is 15.5. The van der Waals surface area contributed by atoms with Crippen LogP contribution in [0, 0.1) is 5.92 Å². The van der Waals surface area contributed by atoms with Gasteiger partial charge in [0, 0.05) is 32.3 Å². The number of likely N-dealkylation sites (N-methyl/N-ethyl adjacent to an activating group) is 1. The van der Waals surface area contributed by atoms with E-state index in [1.54, 1.807) is 24.1 Å². The summed E-state index contributed by atoms with van der Waals surface area (Å²) < 4.78 is 0. The number of aliphatic hydroxyl groups excluding tert-OH is 1. The fourth-order valence-electron chi connectivity index (χ4n) is 2.54. The minimum Gasteiger partial charge on any atom is -0.396 e. The average Bonchev–Trinajstić information content (AvgIpc) is 2.55. The third-order valence-corrected chi connectivity index (χ3v) is 3.97. The van der Waals surface area contributed by atoms with Crippen LogP contribution in [0.4, 0.5) is 0 Å². The van der Waals surface area contributed by atoms with Gasteiger partial charge in [0.1, 0.15) is 0 Å². The van der Waals surface area contributed by atoms with Gasteiger partial charge >= 0.3 is 0 Å². The highest BCUT2D eigenvalue weighted by Gasteiger charge is 2.24. The summed E-state index contributed by atoms with van der Waals surface area (Å²) in [7, 11) is 1.65. The quantitative estimate of drug-likeness (QED) is 0.899. The zero-order chi connectivity index (χ0) is 15.2. The van der Waals surface area contributed by atoms with E-state index in [4.69, 9.17) is 5.11 Å².